The van der Waals surface area contributed by atoms with E-state index in [0.717, 1.165) is 17.7 Å². The summed E-state index contributed by atoms with van der Waals surface area (Å²) in [4.78, 5) is 31.6. The van der Waals surface area contributed by atoms with E-state index in [0.29, 0.717) is 49.9 Å². The van der Waals surface area contributed by atoms with Gasteiger partial charge in [-0.3, -0.25) is 9.88 Å². The van der Waals surface area contributed by atoms with Crippen LogP contribution in [-0.2, 0) is 34.5 Å². The van der Waals surface area contributed by atoms with E-state index in [-0.39, 0.29) is 6.61 Å². The number of carboxylic acids is 1. The Hall–Kier alpha value is -3.05. The molecule has 1 N–H and O–H groups in total. The minimum atomic E-state index is -0.948. The van der Waals surface area contributed by atoms with Crippen molar-refractivity contribution in [2.24, 2.45) is 7.05 Å². The van der Waals surface area contributed by atoms with Crippen molar-refractivity contribution in [3.05, 3.63) is 29.1 Å². The molecule has 1 atom stereocenters. The van der Waals surface area contributed by atoms with Crippen molar-refractivity contribution in [1.29, 1.82) is 0 Å². The van der Waals surface area contributed by atoms with Gasteiger partial charge in [0.2, 0.25) is 0 Å². The number of rotatable bonds is 8. The highest BCUT2D eigenvalue weighted by Gasteiger charge is 2.26. The van der Waals surface area contributed by atoms with Crippen LogP contribution in [0.4, 0.5) is 4.79 Å². The van der Waals surface area contributed by atoms with Gasteiger partial charge in [0.1, 0.15) is 18.0 Å². The van der Waals surface area contributed by atoms with Crippen LogP contribution >= 0.6 is 0 Å². The summed E-state index contributed by atoms with van der Waals surface area (Å²) in [5, 5.41) is 17.5. The van der Waals surface area contributed by atoms with Crippen LogP contribution in [0.2, 0.25) is 0 Å². The molecule has 3 rings (SSSR count). The van der Waals surface area contributed by atoms with E-state index < -0.39 is 18.2 Å². The molecule has 0 aromatic carbocycles. The molecule has 1 saturated heterocycles. The van der Waals surface area contributed by atoms with Crippen LogP contribution in [0.5, 0.6) is 0 Å². The van der Waals surface area contributed by atoms with Gasteiger partial charge in [-0.1, -0.05) is 18.2 Å². The Morgan fingerprint density at radius 1 is 1.38 bits per heavy atom. The first-order valence-electron chi connectivity index (χ1n) is 10.6. The number of carbonyl (C=O) groups is 2. The number of aryl methyl sites for hydroxylation is 2. The van der Waals surface area contributed by atoms with Crippen LogP contribution in [0, 0.1) is 6.92 Å². The van der Waals surface area contributed by atoms with Gasteiger partial charge in [0, 0.05) is 46.0 Å². The first-order chi connectivity index (χ1) is 15.3. The molecule has 3 heterocycles. The molecule has 11 nitrogen and oxygen atoms in total. The molecule has 0 bridgehead atoms. The summed E-state index contributed by atoms with van der Waals surface area (Å²) >= 11 is 0. The molecule has 2 aromatic rings. The summed E-state index contributed by atoms with van der Waals surface area (Å²) in [7, 11) is 3.44. The van der Waals surface area contributed by atoms with Gasteiger partial charge < -0.3 is 19.5 Å². The molecule has 32 heavy (non-hydrogen) atoms. The molecule has 1 fully saturated rings. The maximum atomic E-state index is 12.1. The molecule has 1 aliphatic rings. The van der Waals surface area contributed by atoms with Crippen molar-refractivity contribution in [2.45, 2.75) is 39.5 Å². The Morgan fingerprint density at radius 2 is 2.16 bits per heavy atom. The van der Waals surface area contributed by atoms with Gasteiger partial charge in [-0.25, -0.2) is 14.3 Å². The number of carboxylic acid groups (broad SMARTS) is 1. The SMILES string of the molecule is CCCN(C)C(=O)OCc1c(-c2ccc(CN3CCOC(C(=O)O)C3)c(C)n2)nnn1C. The van der Waals surface area contributed by atoms with Gasteiger partial charge in [0.15, 0.2) is 6.10 Å². The molecule has 1 aliphatic heterocycles. The Balaban J connectivity index is 1.71. The second-order valence-electron chi connectivity index (χ2n) is 7.86. The predicted octanol–water partition coefficient (Wildman–Crippen LogP) is 1.45. The summed E-state index contributed by atoms with van der Waals surface area (Å²) in [6, 6.07) is 3.82. The fourth-order valence-corrected chi connectivity index (χ4v) is 3.53. The number of aliphatic carboxylic acids is 1. The number of morpholine rings is 1. The third-order valence-corrected chi connectivity index (χ3v) is 5.40. The van der Waals surface area contributed by atoms with Crippen molar-refractivity contribution in [3.8, 4) is 11.4 Å². The summed E-state index contributed by atoms with van der Waals surface area (Å²) < 4.78 is 12.3. The molecule has 2 aromatic heterocycles. The molecule has 1 unspecified atom stereocenters. The third-order valence-electron chi connectivity index (χ3n) is 5.40. The van der Waals surface area contributed by atoms with Gasteiger partial charge in [-0.15, -0.1) is 5.10 Å². The second kappa shape index (κ2) is 10.5. The minimum absolute atomic E-state index is 0.0402. The van der Waals surface area contributed by atoms with Crippen molar-refractivity contribution < 1.29 is 24.2 Å². The maximum absolute atomic E-state index is 12.1. The number of aromatic nitrogens is 4. The number of hydrogen-bond acceptors (Lipinski definition) is 8. The molecule has 0 spiro atoms. The van der Waals surface area contributed by atoms with Crippen molar-refractivity contribution >= 4 is 12.1 Å². The molecule has 0 saturated carbocycles. The van der Waals surface area contributed by atoms with Crippen LogP contribution in [0.3, 0.4) is 0 Å². The van der Waals surface area contributed by atoms with E-state index in [1.54, 1.807) is 18.8 Å². The van der Waals surface area contributed by atoms with Crippen LogP contribution in [0.1, 0.15) is 30.3 Å². The van der Waals surface area contributed by atoms with Gasteiger partial charge in [0.05, 0.1) is 12.3 Å². The van der Waals surface area contributed by atoms with E-state index in [2.05, 4.69) is 15.3 Å². The zero-order valence-electron chi connectivity index (χ0n) is 18.9. The predicted molar refractivity (Wildman–Crippen MR) is 115 cm³/mol. The lowest BCUT2D eigenvalue weighted by Crippen LogP contribution is -2.45. The topological polar surface area (TPSA) is 123 Å². The Bertz CT molecular complexity index is 962. The first-order valence-corrected chi connectivity index (χ1v) is 10.6. The highest BCUT2D eigenvalue weighted by atomic mass is 16.6. The largest absolute Gasteiger partial charge is 0.479 e. The zero-order chi connectivity index (χ0) is 23.3. The normalized spacial score (nSPS) is 16.7. The van der Waals surface area contributed by atoms with Crippen molar-refractivity contribution in [2.75, 3.05) is 33.3 Å². The van der Waals surface area contributed by atoms with Gasteiger partial charge in [-0.05, 0) is 25.0 Å². The molecule has 0 radical (unpaired) electrons. The number of pyridine rings is 1. The second-order valence-corrected chi connectivity index (χ2v) is 7.86. The Labute approximate surface area is 186 Å². The lowest BCUT2D eigenvalue weighted by molar-refractivity contribution is -0.156. The highest BCUT2D eigenvalue weighted by Crippen LogP contribution is 2.22. The number of amides is 1. The van der Waals surface area contributed by atoms with Crippen LogP contribution in [0.25, 0.3) is 11.4 Å². The standard InChI is InChI=1S/C21H30N6O5/c1-5-8-25(3)21(30)32-13-17-19(23-24-26(17)4)16-7-6-15(14(2)22-16)11-27-9-10-31-18(12-27)20(28)29/h6-7,18H,5,8-13H2,1-4H3,(H,28,29). The lowest BCUT2D eigenvalue weighted by atomic mass is 10.1. The van der Waals surface area contributed by atoms with Crippen LogP contribution in [0.15, 0.2) is 12.1 Å². The van der Waals surface area contributed by atoms with Crippen LogP contribution in [-0.4, -0.2) is 86.3 Å². The van der Waals surface area contributed by atoms with Crippen LogP contribution < -0.4 is 0 Å². The van der Waals surface area contributed by atoms with Crippen molar-refractivity contribution in [1.82, 2.24) is 29.8 Å². The van der Waals surface area contributed by atoms with Gasteiger partial charge in [0.25, 0.3) is 0 Å². The number of ether oxygens (including phenoxy) is 2. The van der Waals surface area contributed by atoms with E-state index in [9.17, 15) is 14.7 Å². The highest BCUT2D eigenvalue weighted by molar-refractivity contribution is 5.72. The fourth-order valence-electron chi connectivity index (χ4n) is 3.53. The Morgan fingerprint density at radius 3 is 2.84 bits per heavy atom. The third kappa shape index (κ3) is 5.60. The molecule has 0 aliphatic carbocycles. The summed E-state index contributed by atoms with van der Waals surface area (Å²) in [6.07, 6.45) is -0.359. The minimum Gasteiger partial charge on any atom is -0.479 e. The van der Waals surface area contributed by atoms with Gasteiger partial charge >= 0.3 is 12.1 Å². The summed E-state index contributed by atoms with van der Waals surface area (Å²) in [5.74, 6) is -0.948. The molecule has 1 amide bonds. The maximum Gasteiger partial charge on any atom is 0.409 e. The first kappa shape index (κ1) is 23.6. The average Bonchev–Trinajstić information content (AvgIpc) is 3.14. The lowest BCUT2D eigenvalue weighted by Gasteiger charge is -2.31. The monoisotopic (exact) mass is 446 g/mol. The average molecular weight is 447 g/mol. The van der Waals surface area contributed by atoms with Crippen molar-refractivity contribution in [3.63, 3.8) is 0 Å². The molecular formula is C21H30N6O5. The molecule has 174 valence electrons. The zero-order valence-corrected chi connectivity index (χ0v) is 18.9. The van der Waals surface area contributed by atoms with Gasteiger partial charge in [-0.2, -0.15) is 0 Å². The van der Waals surface area contributed by atoms with E-state index in [1.807, 2.05) is 30.9 Å². The molecular weight excluding hydrogens is 416 g/mol. The number of carbonyl (C=O) groups excluding carboxylic acids is 1. The Kier molecular flexibility index (Phi) is 7.75. The quantitative estimate of drug-likeness (QED) is 0.642. The number of nitrogens with zero attached hydrogens (tertiary/aromatic N) is 6. The van der Waals surface area contributed by atoms with E-state index in [4.69, 9.17) is 9.47 Å². The smallest absolute Gasteiger partial charge is 0.409 e. The summed E-state index contributed by atoms with van der Waals surface area (Å²) in [5.41, 5.74) is 3.67. The summed E-state index contributed by atoms with van der Waals surface area (Å²) in [6.45, 7) is 6.53. The van der Waals surface area contributed by atoms with E-state index >= 15 is 0 Å². The number of hydrogen-bond donors (Lipinski definition) is 1. The molecule has 11 heteroatoms. The van der Waals surface area contributed by atoms with E-state index in [1.165, 1.54) is 4.90 Å². The fraction of sp³-hybridized carbons (Fsp3) is 0.571.